The van der Waals surface area contributed by atoms with Gasteiger partial charge < -0.3 is 17.2 Å². The Morgan fingerprint density at radius 3 is 2.35 bits per heavy atom. The van der Waals surface area contributed by atoms with Gasteiger partial charge in [-0.15, -0.1) is 0 Å². The fraction of sp³-hybridized carbons (Fsp3) is 0.200. The van der Waals surface area contributed by atoms with Crippen LogP contribution in [-0.4, -0.2) is 21.8 Å². The first-order valence-corrected chi connectivity index (χ1v) is 6.20. The van der Waals surface area contributed by atoms with Crippen LogP contribution >= 0.6 is 0 Å². The van der Waals surface area contributed by atoms with E-state index >= 15 is 0 Å². The number of amides is 2. The Kier molecular flexibility index (Phi) is 4.22. The standard InChI is InChI=1S/C10H13N3O3S/c11-8-3-6(10(13)15)1-2-7(8)4-17(16)5-9(12)14/h1-3H,4-5,11H2,(H2,12,14)(H2,13,15). The molecule has 0 aliphatic carbocycles. The zero-order chi connectivity index (χ0) is 13.0. The predicted molar refractivity (Wildman–Crippen MR) is 65.3 cm³/mol. The van der Waals surface area contributed by atoms with Crippen LogP contribution in [0.25, 0.3) is 0 Å². The normalized spacial score (nSPS) is 12.0. The average molecular weight is 255 g/mol. The van der Waals surface area contributed by atoms with Gasteiger partial charge in [0.2, 0.25) is 11.8 Å². The van der Waals surface area contributed by atoms with Crippen molar-refractivity contribution >= 4 is 28.3 Å². The molecule has 0 aromatic heterocycles. The van der Waals surface area contributed by atoms with Gasteiger partial charge in [0.25, 0.3) is 0 Å². The summed E-state index contributed by atoms with van der Waals surface area (Å²) in [5.41, 5.74) is 16.9. The molecule has 92 valence electrons. The molecule has 6 N–H and O–H groups in total. The summed E-state index contributed by atoms with van der Waals surface area (Å²) in [6, 6.07) is 4.48. The average Bonchev–Trinajstić information content (AvgIpc) is 2.19. The Morgan fingerprint density at radius 2 is 1.88 bits per heavy atom. The van der Waals surface area contributed by atoms with Crippen molar-refractivity contribution in [2.24, 2.45) is 11.5 Å². The quantitative estimate of drug-likeness (QED) is 0.589. The molecule has 1 aromatic carbocycles. The van der Waals surface area contributed by atoms with E-state index in [1.807, 2.05) is 0 Å². The van der Waals surface area contributed by atoms with Gasteiger partial charge in [-0.1, -0.05) is 6.07 Å². The van der Waals surface area contributed by atoms with E-state index in [1.165, 1.54) is 12.1 Å². The number of nitrogens with two attached hydrogens (primary N) is 3. The van der Waals surface area contributed by atoms with E-state index in [2.05, 4.69) is 0 Å². The van der Waals surface area contributed by atoms with E-state index in [-0.39, 0.29) is 17.1 Å². The minimum absolute atomic E-state index is 0.119. The van der Waals surface area contributed by atoms with E-state index in [9.17, 15) is 13.8 Å². The molecule has 7 heteroatoms. The molecule has 2 amide bonds. The molecule has 6 nitrogen and oxygen atoms in total. The lowest BCUT2D eigenvalue weighted by atomic mass is 10.1. The van der Waals surface area contributed by atoms with Crippen LogP contribution in [0.1, 0.15) is 15.9 Å². The molecule has 0 bridgehead atoms. The van der Waals surface area contributed by atoms with Gasteiger partial charge >= 0.3 is 0 Å². The molecule has 0 radical (unpaired) electrons. The highest BCUT2D eigenvalue weighted by Gasteiger charge is 2.09. The molecular formula is C10H13N3O3S. The Hall–Kier alpha value is -1.89. The molecular weight excluding hydrogens is 242 g/mol. The van der Waals surface area contributed by atoms with Crippen molar-refractivity contribution in [1.82, 2.24) is 0 Å². The molecule has 0 spiro atoms. The number of anilines is 1. The Morgan fingerprint density at radius 1 is 1.24 bits per heavy atom. The van der Waals surface area contributed by atoms with Gasteiger partial charge in [0, 0.05) is 22.1 Å². The van der Waals surface area contributed by atoms with Crippen LogP contribution < -0.4 is 17.2 Å². The topological polar surface area (TPSA) is 129 Å². The molecule has 1 atom stereocenters. The van der Waals surface area contributed by atoms with Crippen molar-refractivity contribution in [2.45, 2.75) is 5.75 Å². The summed E-state index contributed by atoms with van der Waals surface area (Å²) in [7, 11) is -1.40. The molecule has 0 saturated carbocycles. The summed E-state index contributed by atoms with van der Waals surface area (Å²) in [5.74, 6) is -1.30. The number of hydrogen-bond acceptors (Lipinski definition) is 4. The lowest BCUT2D eigenvalue weighted by molar-refractivity contribution is -0.115. The van der Waals surface area contributed by atoms with Crippen molar-refractivity contribution in [3.8, 4) is 0 Å². The number of benzene rings is 1. The summed E-state index contributed by atoms with van der Waals surface area (Å²) < 4.78 is 11.5. The van der Waals surface area contributed by atoms with Crippen molar-refractivity contribution in [3.05, 3.63) is 29.3 Å². The number of hydrogen-bond donors (Lipinski definition) is 3. The Labute approximate surface area is 101 Å². The van der Waals surface area contributed by atoms with Gasteiger partial charge in [-0.05, 0) is 17.7 Å². The van der Waals surface area contributed by atoms with E-state index < -0.39 is 22.6 Å². The summed E-state index contributed by atoms with van der Waals surface area (Å²) in [4.78, 5) is 21.4. The maximum Gasteiger partial charge on any atom is 0.248 e. The van der Waals surface area contributed by atoms with Crippen LogP contribution in [0.15, 0.2) is 18.2 Å². The third-order valence-electron chi connectivity index (χ3n) is 2.05. The zero-order valence-electron chi connectivity index (χ0n) is 9.01. The molecule has 0 aliphatic heterocycles. The van der Waals surface area contributed by atoms with Gasteiger partial charge in [-0.25, -0.2) is 0 Å². The fourth-order valence-electron chi connectivity index (χ4n) is 1.26. The highest BCUT2D eigenvalue weighted by atomic mass is 32.2. The summed E-state index contributed by atoms with van der Waals surface area (Å²) in [5, 5.41) is 0. The molecule has 17 heavy (non-hydrogen) atoms. The molecule has 0 aliphatic rings. The first-order valence-electron chi connectivity index (χ1n) is 4.71. The monoisotopic (exact) mass is 255 g/mol. The number of carbonyl (C=O) groups excluding carboxylic acids is 2. The van der Waals surface area contributed by atoms with Crippen molar-refractivity contribution in [2.75, 3.05) is 11.5 Å². The van der Waals surface area contributed by atoms with Gasteiger partial charge in [0.15, 0.2) is 0 Å². The smallest absolute Gasteiger partial charge is 0.248 e. The third-order valence-corrected chi connectivity index (χ3v) is 3.29. The van der Waals surface area contributed by atoms with E-state index in [4.69, 9.17) is 17.2 Å². The van der Waals surface area contributed by atoms with Gasteiger partial charge in [0.05, 0.1) is 5.75 Å². The lowest BCUT2D eigenvalue weighted by Gasteiger charge is -2.06. The molecule has 1 aromatic rings. The Bertz CT molecular complexity index is 488. The summed E-state index contributed by atoms with van der Waals surface area (Å²) in [6.07, 6.45) is 0. The van der Waals surface area contributed by atoms with Crippen molar-refractivity contribution in [1.29, 1.82) is 0 Å². The number of nitrogen functional groups attached to an aromatic ring is 1. The largest absolute Gasteiger partial charge is 0.398 e. The molecule has 0 fully saturated rings. The maximum atomic E-state index is 11.5. The van der Waals surface area contributed by atoms with Gasteiger partial charge in [-0.3, -0.25) is 13.8 Å². The fourth-order valence-corrected chi connectivity index (χ4v) is 2.29. The van der Waals surface area contributed by atoms with Crippen molar-refractivity contribution < 1.29 is 13.8 Å². The molecule has 0 heterocycles. The maximum absolute atomic E-state index is 11.5. The highest BCUT2D eigenvalue weighted by molar-refractivity contribution is 7.84. The second-order valence-electron chi connectivity index (χ2n) is 3.47. The third kappa shape index (κ3) is 3.87. The van der Waals surface area contributed by atoms with Crippen LogP contribution in [0.2, 0.25) is 0 Å². The van der Waals surface area contributed by atoms with Crippen LogP contribution in [0, 0.1) is 0 Å². The van der Waals surface area contributed by atoms with Crippen LogP contribution in [0.3, 0.4) is 0 Å². The lowest BCUT2D eigenvalue weighted by Crippen LogP contribution is -2.20. The molecule has 1 unspecified atom stereocenters. The SMILES string of the molecule is NC(=O)CS(=O)Cc1ccc(C(N)=O)cc1N. The Balaban J connectivity index is 2.83. The first-order chi connectivity index (χ1) is 7.90. The predicted octanol–water partition coefficient (Wildman–Crippen LogP) is -0.898. The number of primary amides is 2. The molecule has 0 saturated heterocycles. The zero-order valence-corrected chi connectivity index (χ0v) is 9.83. The summed E-state index contributed by atoms with van der Waals surface area (Å²) >= 11 is 0. The second-order valence-corrected chi connectivity index (χ2v) is 4.93. The number of carbonyl (C=O) groups is 2. The van der Waals surface area contributed by atoms with Crippen LogP contribution in [0.4, 0.5) is 5.69 Å². The van der Waals surface area contributed by atoms with Gasteiger partial charge in [0.1, 0.15) is 5.75 Å². The van der Waals surface area contributed by atoms with E-state index in [0.29, 0.717) is 11.3 Å². The minimum atomic E-state index is -1.40. The van der Waals surface area contributed by atoms with Crippen LogP contribution in [0.5, 0.6) is 0 Å². The second kappa shape index (κ2) is 5.44. The minimum Gasteiger partial charge on any atom is -0.398 e. The van der Waals surface area contributed by atoms with E-state index in [1.54, 1.807) is 6.07 Å². The number of rotatable bonds is 5. The first kappa shape index (κ1) is 13.2. The van der Waals surface area contributed by atoms with Gasteiger partial charge in [-0.2, -0.15) is 0 Å². The molecule has 1 rings (SSSR count). The van der Waals surface area contributed by atoms with E-state index in [0.717, 1.165) is 0 Å². The highest BCUT2D eigenvalue weighted by Crippen LogP contribution is 2.16. The summed E-state index contributed by atoms with van der Waals surface area (Å²) in [6.45, 7) is 0. The van der Waals surface area contributed by atoms with Crippen molar-refractivity contribution in [3.63, 3.8) is 0 Å². The van der Waals surface area contributed by atoms with Crippen LogP contribution in [-0.2, 0) is 21.3 Å².